The summed E-state index contributed by atoms with van der Waals surface area (Å²) in [5.41, 5.74) is 4.48. The van der Waals surface area contributed by atoms with Gasteiger partial charge in [0.15, 0.2) is 0 Å². The number of nitrogens with one attached hydrogen (secondary N) is 3. The summed E-state index contributed by atoms with van der Waals surface area (Å²) in [5.74, 6) is 0.688. The van der Waals surface area contributed by atoms with Gasteiger partial charge in [0.2, 0.25) is 17.7 Å². The van der Waals surface area contributed by atoms with Crippen molar-refractivity contribution in [2.24, 2.45) is 0 Å². The minimum atomic E-state index is -1.20. The highest BCUT2D eigenvalue weighted by Crippen LogP contribution is 2.28. The van der Waals surface area contributed by atoms with Gasteiger partial charge in [-0.3, -0.25) is 24.6 Å². The van der Waals surface area contributed by atoms with Crippen molar-refractivity contribution in [1.82, 2.24) is 45.3 Å². The summed E-state index contributed by atoms with van der Waals surface area (Å²) in [7, 11) is 0. The smallest absolute Gasteiger partial charge is 0.292 e. The monoisotopic (exact) mass is 753 g/mol. The highest BCUT2D eigenvalue weighted by atomic mass is 19.1. The van der Waals surface area contributed by atoms with Gasteiger partial charge in [-0.25, -0.2) is 18.9 Å². The Morgan fingerprint density at radius 1 is 1.11 bits per heavy atom. The number of ether oxygens (including phenoxy) is 1. The van der Waals surface area contributed by atoms with Gasteiger partial charge in [0.05, 0.1) is 29.3 Å². The number of benzene rings is 1. The lowest BCUT2D eigenvalue weighted by atomic mass is 9.97. The third kappa shape index (κ3) is 8.88. The lowest BCUT2D eigenvalue weighted by molar-refractivity contribution is -0.133. The van der Waals surface area contributed by atoms with Crippen molar-refractivity contribution in [2.45, 2.75) is 64.7 Å². The van der Waals surface area contributed by atoms with Crippen molar-refractivity contribution >= 4 is 34.7 Å². The van der Waals surface area contributed by atoms with Crippen LogP contribution in [-0.2, 0) is 21.5 Å². The van der Waals surface area contributed by atoms with Crippen LogP contribution in [0.5, 0.6) is 5.75 Å². The zero-order valence-electron chi connectivity index (χ0n) is 31.2. The molecular formula is C38H44FN11O5. The highest BCUT2D eigenvalue weighted by molar-refractivity contribution is 6.01. The average Bonchev–Trinajstić information content (AvgIpc) is 3.84. The summed E-state index contributed by atoms with van der Waals surface area (Å²) >= 11 is 0. The molecule has 0 aliphatic carbocycles. The Morgan fingerprint density at radius 2 is 1.93 bits per heavy atom. The second-order valence-electron chi connectivity index (χ2n) is 14.9. The van der Waals surface area contributed by atoms with Crippen LogP contribution in [0.3, 0.4) is 0 Å². The number of hydrogen-bond acceptors (Lipinski definition) is 13. The number of nitrogens with zero attached hydrogens (tertiary/aromatic N) is 8. The quantitative estimate of drug-likeness (QED) is 0.158. The Balaban J connectivity index is 0.883. The largest absolute Gasteiger partial charge is 0.489 e. The Labute approximate surface area is 316 Å². The average molecular weight is 754 g/mol. The zero-order valence-corrected chi connectivity index (χ0v) is 31.2. The number of halogens is 1. The molecule has 0 saturated carbocycles. The van der Waals surface area contributed by atoms with Crippen LogP contribution in [-0.4, -0.2) is 104 Å². The van der Waals surface area contributed by atoms with Crippen molar-refractivity contribution in [1.29, 1.82) is 0 Å². The van der Waals surface area contributed by atoms with Gasteiger partial charge in [-0.1, -0.05) is 38.1 Å². The first-order valence-electron chi connectivity index (χ1n) is 18.3. The first-order valence-corrected chi connectivity index (χ1v) is 18.3. The van der Waals surface area contributed by atoms with Gasteiger partial charge in [0.1, 0.15) is 36.7 Å². The minimum absolute atomic E-state index is 0.00680. The summed E-state index contributed by atoms with van der Waals surface area (Å²) in [6.07, 6.45) is 4.41. The van der Waals surface area contributed by atoms with E-state index >= 15 is 4.39 Å². The molecule has 0 spiro atoms. The van der Waals surface area contributed by atoms with E-state index in [-0.39, 0.29) is 42.8 Å². The molecule has 0 bridgehead atoms. The Bertz CT molecular complexity index is 2170. The van der Waals surface area contributed by atoms with E-state index in [0.717, 1.165) is 22.5 Å². The van der Waals surface area contributed by atoms with Crippen LogP contribution in [0.4, 0.5) is 15.9 Å². The number of pyridine rings is 1. The van der Waals surface area contributed by atoms with Gasteiger partial charge in [-0.2, -0.15) is 10.1 Å². The number of aryl methyl sites for hydroxylation is 1. The van der Waals surface area contributed by atoms with Gasteiger partial charge in [0.25, 0.3) is 11.7 Å². The number of piperidine rings is 1. The van der Waals surface area contributed by atoms with Crippen LogP contribution < -0.4 is 25.6 Å². The molecule has 2 aliphatic rings. The summed E-state index contributed by atoms with van der Waals surface area (Å²) in [4.78, 5) is 53.6. The number of aromatic nitrogens is 6. The Hall–Kier alpha value is -5.97. The van der Waals surface area contributed by atoms with Crippen LogP contribution in [0, 0.1) is 6.92 Å². The molecule has 2 saturated heterocycles. The van der Waals surface area contributed by atoms with Crippen molar-refractivity contribution < 1.29 is 28.0 Å². The number of imide groups is 1. The number of alkyl halides is 1. The second-order valence-corrected chi connectivity index (χ2v) is 14.9. The van der Waals surface area contributed by atoms with E-state index in [1.807, 2.05) is 58.0 Å². The van der Waals surface area contributed by atoms with E-state index in [2.05, 4.69) is 51.0 Å². The fourth-order valence-electron chi connectivity index (χ4n) is 6.49. The molecule has 1 aromatic carbocycles. The number of carbonyl (C=O) groups is 3. The van der Waals surface area contributed by atoms with Gasteiger partial charge in [-0.05, 0) is 42.7 Å². The molecule has 2 atom stereocenters. The standard InChI is InChI=1S/C38H44FN11O5/c1-23-15-24(5-6-25(23)17-41-36(53)34-46-37(55-47-34)38(2,3)4)33-30-16-28(20-50(30)43-22-42-33)54-21-26(39)19-48-11-13-49(14-12-48)31-9-7-27(18-40-31)44-29-8-10-32(51)45-35(29)52/h5-7,9,15-16,18,20,22,26,29,44H,8,10-14,17,19,21H2,1-4H3,(H,41,53)(H,45,51,52)/t26-,29?/m0/s1. The Kier molecular flexibility index (Phi) is 10.7. The third-order valence-electron chi connectivity index (χ3n) is 9.62. The molecule has 3 amide bonds. The number of amides is 3. The number of fused-ring (bicyclic) bond motifs is 1. The molecule has 7 rings (SSSR count). The first kappa shape index (κ1) is 37.3. The van der Waals surface area contributed by atoms with Gasteiger partial charge in [-0.15, -0.1) is 0 Å². The van der Waals surface area contributed by atoms with Crippen molar-refractivity contribution in [2.75, 3.05) is 49.5 Å². The van der Waals surface area contributed by atoms with Crippen molar-refractivity contribution in [3.05, 3.63) is 78.0 Å². The summed E-state index contributed by atoms with van der Waals surface area (Å²) in [6.45, 7) is 10.9. The van der Waals surface area contributed by atoms with E-state index in [1.54, 1.807) is 23.0 Å². The predicted molar refractivity (Wildman–Crippen MR) is 200 cm³/mol. The molecule has 55 heavy (non-hydrogen) atoms. The molecule has 17 heteroatoms. The molecule has 4 aromatic heterocycles. The fourth-order valence-corrected chi connectivity index (χ4v) is 6.49. The topological polar surface area (TPSA) is 185 Å². The van der Waals surface area contributed by atoms with E-state index in [9.17, 15) is 14.4 Å². The van der Waals surface area contributed by atoms with Crippen molar-refractivity contribution in [3.8, 4) is 17.0 Å². The fraction of sp³-hybridized carbons (Fsp3) is 0.421. The molecule has 0 radical (unpaired) electrons. The van der Waals surface area contributed by atoms with Crippen molar-refractivity contribution in [3.63, 3.8) is 0 Å². The maximum Gasteiger partial charge on any atom is 0.292 e. The van der Waals surface area contributed by atoms with E-state index in [4.69, 9.17) is 9.26 Å². The second kappa shape index (κ2) is 15.8. The number of piperazine rings is 1. The molecule has 3 N–H and O–H groups in total. The maximum atomic E-state index is 15.2. The number of rotatable bonds is 12. The third-order valence-corrected chi connectivity index (χ3v) is 9.62. The summed E-state index contributed by atoms with van der Waals surface area (Å²) in [6, 6.07) is 11.0. The number of hydrogen-bond donors (Lipinski definition) is 3. The minimum Gasteiger partial charge on any atom is -0.489 e. The molecule has 16 nitrogen and oxygen atoms in total. The SMILES string of the molecule is Cc1cc(-c2ncnn3cc(OC[C@@H](F)CN4CCN(c5ccc(NC6CCC(=O)NC6=O)cn5)CC4)cc23)ccc1CNC(=O)c1noc(C(C)(C)C)n1. The zero-order chi connectivity index (χ0) is 38.7. The lowest BCUT2D eigenvalue weighted by Crippen LogP contribution is -2.49. The van der Waals surface area contributed by atoms with Crippen LogP contribution in [0.1, 0.15) is 61.2 Å². The van der Waals surface area contributed by atoms with E-state index in [0.29, 0.717) is 67.6 Å². The first-order chi connectivity index (χ1) is 26.4. The summed E-state index contributed by atoms with van der Waals surface area (Å²) < 4.78 is 28.0. The highest BCUT2D eigenvalue weighted by Gasteiger charge is 2.27. The summed E-state index contributed by atoms with van der Waals surface area (Å²) in [5, 5.41) is 16.5. The van der Waals surface area contributed by atoms with Crippen LogP contribution in [0.2, 0.25) is 0 Å². The van der Waals surface area contributed by atoms with E-state index < -0.39 is 18.1 Å². The molecule has 1 unspecified atom stereocenters. The Morgan fingerprint density at radius 3 is 2.64 bits per heavy atom. The van der Waals surface area contributed by atoms with Crippen LogP contribution in [0.25, 0.3) is 16.8 Å². The molecular weight excluding hydrogens is 709 g/mol. The van der Waals surface area contributed by atoms with Gasteiger partial charge < -0.3 is 24.8 Å². The van der Waals surface area contributed by atoms with Gasteiger partial charge in [0, 0.05) is 62.7 Å². The predicted octanol–water partition coefficient (Wildman–Crippen LogP) is 3.47. The lowest BCUT2D eigenvalue weighted by Gasteiger charge is -2.36. The molecule has 288 valence electrons. The molecule has 2 aliphatic heterocycles. The van der Waals surface area contributed by atoms with Gasteiger partial charge >= 0.3 is 0 Å². The maximum absolute atomic E-state index is 15.2. The normalized spacial score (nSPS) is 17.3. The number of carbonyl (C=O) groups excluding carboxylic acids is 3. The molecule has 5 aromatic rings. The van der Waals surface area contributed by atoms with E-state index in [1.165, 1.54) is 6.33 Å². The molecule has 2 fully saturated rings. The van der Waals surface area contributed by atoms with Crippen LogP contribution >= 0.6 is 0 Å². The van der Waals surface area contributed by atoms with Crippen LogP contribution in [0.15, 0.2) is 59.6 Å². The molecule has 6 heterocycles. The number of anilines is 2.